The number of aliphatic carboxylic acids is 1. The van der Waals surface area contributed by atoms with E-state index in [0.717, 1.165) is 31.2 Å². The number of rotatable bonds is 8. The molecule has 2 N–H and O–H groups in total. The molecule has 0 heterocycles. The predicted octanol–water partition coefficient (Wildman–Crippen LogP) is 2.57. The molecule has 1 aliphatic rings. The first-order valence-electron chi connectivity index (χ1n) is 9.64. The molecular weight excluding hydrogens is 366 g/mol. The number of carbonyl (C=O) groups is 2. The molecular formula is C20H29NO5S. The minimum absolute atomic E-state index is 0.0532. The van der Waals surface area contributed by atoms with Crippen molar-refractivity contribution < 1.29 is 23.1 Å². The fourth-order valence-electron chi connectivity index (χ4n) is 3.61. The molecule has 6 nitrogen and oxygen atoms in total. The summed E-state index contributed by atoms with van der Waals surface area (Å²) in [5.74, 6) is -2.79. The molecule has 1 fully saturated rings. The highest BCUT2D eigenvalue weighted by Gasteiger charge is 2.30. The molecule has 0 radical (unpaired) electrons. The van der Waals surface area contributed by atoms with Gasteiger partial charge in [0.25, 0.3) is 0 Å². The number of carboxylic acid groups (broad SMARTS) is 1. The van der Waals surface area contributed by atoms with Crippen LogP contribution in [0.3, 0.4) is 0 Å². The lowest BCUT2D eigenvalue weighted by atomic mass is 9.87. The van der Waals surface area contributed by atoms with E-state index in [-0.39, 0.29) is 5.75 Å². The van der Waals surface area contributed by atoms with Gasteiger partial charge in [0.2, 0.25) is 5.91 Å². The Morgan fingerprint density at radius 3 is 2.37 bits per heavy atom. The van der Waals surface area contributed by atoms with Crippen molar-refractivity contribution in [2.24, 2.45) is 5.92 Å². The van der Waals surface area contributed by atoms with Gasteiger partial charge in [0.15, 0.2) is 9.84 Å². The fourth-order valence-corrected chi connectivity index (χ4v) is 4.83. The summed E-state index contributed by atoms with van der Waals surface area (Å²) in [5.41, 5.74) is 1.07. The summed E-state index contributed by atoms with van der Waals surface area (Å²) >= 11 is 0. The molecule has 1 amide bonds. The van der Waals surface area contributed by atoms with Crippen molar-refractivity contribution in [1.29, 1.82) is 0 Å². The Balaban J connectivity index is 1.85. The van der Waals surface area contributed by atoms with Crippen LogP contribution in [-0.4, -0.2) is 42.9 Å². The lowest BCUT2D eigenvalue weighted by Gasteiger charge is -2.27. The van der Waals surface area contributed by atoms with E-state index in [1.807, 2.05) is 30.3 Å². The van der Waals surface area contributed by atoms with E-state index in [1.165, 1.54) is 0 Å². The molecule has 2 unspecified atom stereocenters. The summed E-state index contributed by atoms with van der Waals surface area (Å²) in [5, 5.41) is 12.1. The maximum absolute atomic E-state index is 12.2. The highest BCUT2D eigenvalue weighted by Crippen LogP contribution is 2.23. The molecule has 2 rings (SSSR count). The van der Waals surface area contributed by atoms with E-state index in [0.29, 0.717) is 25.7 Å². The highest BCUT2D eigenvalue weighted by atomic mass is 32.2. The molecule has 0 spiro atoms. The van der Waals surface area contributed by atoms with Crippen molar-refractivity contribution in [3.05, 3.63) is 35.9 Å². The van der Waals surface area contributed by atoms with E-state index in [1.54, 1.807) is 0 Å². The summed E-state index contributed by atoms with van der Waals surface area (Å²) in [6, 6.07) is 9.12. The first-order chi connectivity index (χ1) is 12.9. The van der Waals surface area contributed by atoms with Crippen LogP contribution in [0.25, 0.3) is 0 Å². The molecule has 2 atom stereocenters. The highest BCUT2D eigenvalue weighted by molar-refractivity contribution is 7.92. The Morgan fingerprint density at radius 2 is 1.70 bits per heavy atom. The summed E-state index contributed by atoms with van der Waals surface area (Å²) in [6.07, 6.45) is 5.88. The lowest BCUT2D eigenvalue weighted by Crippen LogP contribution is -2.46. The SMILES string of the molecule is O=C(CS(=O)(=O)CCCc1ccccc1)NC1CCCCCCC1C(=O)O. The maximum Gasteiger partial charge on any atom is 0.308 e. The van der Waals surface area contributed by atoms with Gasteiger partial charge in [0.1, 0.15) is 5.75 Å². The normalized spacial score (nSPS) is 21.0. The number of nitrogens with one attached hydrogen (secondary N) is 1. The second-order valence-corrected chi connectivity index (χ2v) is 9.48. The molecule has 1 aliphatic carbocycles. The average molecular weight is 396 g/mol. The lowest BCUT2D eigenvalue weighted by molar-refractivity contribution is -0.143. The third kappa shape index (κ3) is 7.71. The zero-order valence-corrected chi connectivity index (χ0v) is 16.4. The van der Waals surface area contributed by atoms with Crippen LogP contribution >= 0.6 is 0 Å². The zero-order chi connectivity index (χ0) is 19.7. The molecule has 1 saturated carbocycles. The Bertz CT molecular complexity index is 717. The first-order valence-corrected chi connectivity index (χ1v) is 11.5. The zero-order valence-electron chi connectivity index (χ0n) is 15.6. The predicted molar refractivity (Wildman–Crippen MR) is 104 cm³/mol. The monoisotopic (exact) mass is 395 g/mol. The Hall–Kier alpha value is -1.89. The standard InChI is InChI=1S/C20H29NO5S/c22-19(21-18-13-7-2-1-6-12-17(18)20(23)24)15-27(25,26)14-8-11-16-9-4-3-5-10-16/h3-5,9-10,17-18H,1-2,6-8,11-15H2,(H,21,22)(H,23,24). The number of sulfone groups is 1. The topological polar surface area (TPSA) is 101 Å². The second-order valence-electron chi connectivity index (χ2n) is 7.29. The van der Waals surface area contributed by atoms with Gasteiger partial charge in [-0.2, -0.15) is 0 Å². The summed E-state index contributed by atoms with van der Waals surface area (Å²) in [7, 11) is -3.52. The van der Waals surface area contributed by atoms with Crippen molar-refractivity contribution in [2.45, 2.75) is 57.4 Å². The minimum atomic E-state index is -3.52. The van der Waals surface area contributed by atoms with Crippen LogP contribution < -0.4 is 5.32 Å². The summed E-state index contributed by atoms with van der Waals surface area (Å²) in [4.78, 5) is 23.7. The van der Waals surface area contributed by atoms with Crippen molar-refractivity contribution >= 4 is 21.7 Å². The Kier molecular flexibility index (Phi) is 8.28. The van der Waals surface area contributed by atoms with E-state index in [2.05, 4.69) is 5.32 Å². The number of carboxylic acids is 1. The number of carbonyl (C=O) groups excluding carboxylic acids is 1. The molecule has 1 aromatic carbocycles. The van der Waals surface area contributed by atoms with Gasteiger partial charge in [-0.1, -0.05) is 56.0 Å². The van der Waals surface area contributed by atoms with Gasteiger partial charge in [0.05, 0.1) is 11.7 Å². The van der Waals surface area contributed by atoms with E-state index in [4.69, 9.17) is 0 Å². The van der Waals surface area contributed by atoms with Gasteiger partial charge in [-0.15, -0.1) is 0 Å². The molecule has 7 heteroatoms. The largest absolute Gasteiger partial charge is 0.481 e. The van der Waals surface area contributed by atoms with Crippen molar-refractivity contribution in [2.75, 3.05) is 11.5 Å². The number of amides is 1. The molecule has 150 valence electrons. The summed E-state index contributed by atoms with van der Waals surface area (Å²) in [6.45, 7) is 0. The van der Waals surface area contributed by atoms with E-state index >= 15 is 0 Å². The third-order valence-electron chi connectivity index (χ3n) is 5.04. The third-order valence-corrected chi connectivity index (χ3v) is 6.66. The molecule has 0 saturated heterocycles. The quantitative estimate of drug-likeness (QED) is 0.705. The van der Waals surface area contributed by atoms with Crippen molar-refractivity contribution in [3.8, 4) is 0 Å². The summed E-state index contributed by atoms with van der Waals surface area (Å²) < 4.78 is 24.5. The number of benzene rings is 1. The molecule has 0 aromatic heterocycles. The number of aryl methyl sites for hydroxylation is 1. The average Bonchev–Trinajstić information content (AvgIpc) is 2.57. The molecule has 27 heavy (non-hydrogen) atoms. The second kappa shape index (κ2) is 10.4. The van der Waals surface area contributed by atoms with Gasteiger partial charge in [-0.25, -0.2) is 8.42 Å². The van der Waals surface area contributed by atoms with Crippen molar-refractivity contribution in [3.63, 3.8) is 0 Å². The van der Waals surface area contributed by atoms with Crippen LogP contribution in [0.4, 0.5) is 0 Å². The van der Waals surface area contributed by atoms with Crippen LogP contribution in [0.15, 0.2) is 30.3 Å². The maximum atomic E-state index is 12.2. The van der Waals surface area contributed by atoms with Crippen LogP contribution in [0.1, 0.15) is 50.5 Å². The molecule has 1 aromatic rings. The molecule has 0 bridgehead atoms. The van der Waals surface area contributed by atoms with Crippen molar-refractivity contribution in [1.82, 2.24) is 5.32 Å². The van der Waals surface area contributed by atoms with E-state index < -0.39 is 39.4 Å². The first kappa shape index (κ1) is 21.4. The van der Waals surface area contributed by atoms with Gasteiger partial charge in [-0.05, 0) is 31.2 Å². The van der Waals surface area contributed by atoms with Gasteiger partial charge >= 0.3 is 5.97 Å². The Labute approximate surface area is 161 Å². The van der Waals surface area contributed by atoms with Gasteiger partial charge < -0.3 is 10.4 Å². The van der Waals surface area contributed by atoms with Gasteiger partial charge in [0, 0.05) is 6.04 Å². The van der Waals surface area contributed by atoms with Crippen LogP contribution in [0.5, 0.6) is 0 Å². The van der Waals surface area contributed by atoms with Crippen LogP contribution in [0, 0.1) is 5.92 Å². The van der Waals surface area contributed by atoms with E-state index in [9.17, 15) is 23.1 Å². The fraction of sp³-hybridized carbons (Fsp3) is 0.600. The molecule has 0 aliphatic heterocycles. The van der Waals surface area contributed by atoms with Crippen LogP contribution in [0.2, 0.25) is 0 Å². The number of hydrogen-bond donors (Lipinski definition) is 2. The smallest absolute Gasteiger partial charge is 0.308 e. The Morgan fingerprint density at radius 1 is 1.04 bits per heavy atom. The van der Waals surface area contributed by atoms with Crippen LogP contribution in [-0.2, 0) is 25.8 Å². The number of hydrogen-bond acceptors (Lipinski definition) is 4. The minimum Gasteiger partial charge on any atom is -0.481 e. The van der Waals surface area contributed by atoms with Gasteiger partial charge in [-0.3, -0.25) is 9.59 Å².